The Morgan fingerprint density at radius 1 is 0.590 bits per heavy atom. The summed E-state index contributed by atoms with van der Waals surface area (Å²) in [6, 6.07) is 0. The third-order valence-corrected chi connectivity index (χ3v) is 12.0. The molecule has 0 aromatic rings. The summed E-state index contributed by atoms with van der Waals surface area (Å²) >= 11 is 0. The highest BCUT2D eigenvalue weighted by molar-refractivity contribution is 7.87. The van der Waals surface area contributed by atoms with Crippen LogP contribution >= 0.6 is 0 Å². The minimum Gasteiger partial charge on any atom is -0.444 e. The molecule has 0 N–H and O–H groups in total. The van der Waals surface area contributed by atoms with Crippen LogP contribution in [0.1, 0.15) is 139 Å². The molecule has 0 radical (unpaired) electrons. The van der Waals surface area contributed by atoms with Crippen molar-refractivity contribution in [3.05, 3.63) is 23.4 Å². The third-order valence-electron chi connectivity index (χ3n) is 11.0. The highest BCUT2D eigenvalue weighted by Crippen LogP contribution is 2.43. The van der Waals surface area contributed by atoms with Crippen LogP contribution < -0.4 is 0 Å². The molecule has 3 saturated heterocycles. The lowest BCUT2D eigenvalue weighted by Crippen LogP contribution is -2.41. The molecule has 3 fully saturated rings. The van der Waals surface area contributed by atoms with Crippen LogP contribution in [0.4, 0.5) is 22.8 Å². The largest absolute Gasteiger partial charge is 0.534 e. The summed E-state index contributed by atoms with van der Waals surface area (Å²) in [5, 5.41) is 0. The average molecular weight is 899 g/mol. The number of rotatable bonds is 4. The number of amides is 2. The Morgan fingerprint density at radius 3 is 1.23 bits per heavy atom. The van der Waals surface area contributed by atoms with Gasteiger partial charge in [0.15, 0.2) is 0 Å². The molecule has 22 heteroatoms. The molecule has 0 aliphatic carbocycles. The van der Waals surface area contributed by atoms with Crippen molar-refractivity contribution >= 4 is 43.4 Å². The number of halogens is 3. The van der Waals surface area contributed by atoms with Gasteiger partial charge in [-0.05, 0) is 136 Å². The molecule has 2 amide bonds. The Kier molecular flexibility index (Phi) is 17.2. The van der Waals surface area contributed by atoms with E-state index in [4.69, 9.17) is 37.4 Å². The first-order valence-corrected chi connectivity index (χ1v) is 20.9. The van der Waals surface area contributed by atoms with Crippen LogP contribution in [0.15, 0.2) is 23.4 Å². The van der Waals surface area contributed by atoms with Gasteiger partial charge in [0, 0.05) is 19.6 Å². The Bertz CT molecular complexity index is 1660. The summed E-state index contributed by atoms with van der Waals surface area (Å²) < 4.78 is 108. The van der Waals surface area contributed by atoms with Crippen molar-refractivity contribution in [2.24, 2.45) is 0 Å². The molecule has 5 aliphatic heterocycles. The molecular weight excluding hydrogens is 826 g/mol. The van der Waals surface area contributed by atoms with Gasteiger partial charge in [0.05, 0.1) is 40.2 Å². The normalized spacial score (nSPS) is 23.3. The molecule has 0 aromatic carbocycles. The maximum atomic E-state index is 12.1. The number of ether oxygens (including phenoxy) is 2. The number of hydrogen-bond donors (Lipinski definition) is 0. The van der Waals surface area contributed by atoms with Gasteiger partial charge in [-0.2, -0.15) is 21.6 Å². The maximum absolute atomic E-state index is 12.1. The van der Waals surface area contributed by atoms with E-state index in [-0.39, 0.29) is 68.2 Å². The molecule has 15 nitrogen and oxygen atoms in total. The zero-order chi connectivity index (χ0) is 45.8. The van der Waals surface area contributed by atoms with E-state index >= 15 is 0 Å². The molecule has 0 bridgehead atoms. The first-order chi connectivity index (χ1) is 26.1. The number of alkyl halides is 3. The smallest absolute Gasteiger partial charge is 0.444 e. The van der Waals surface area contributed by atoms with Crippen LogP contribution in [0.3, 0.4) is 0 Å². The molecule has 0 aromatic heterocycles. The summed E-state index contributed by atoms with van der Waals surface area (Å²) in [4.78, 5) is 26.4. The van der Waals surface area contributed by atoms with Gasteiger partial charge in [-0.1, -0.05) is 20.9 Å². The zero-order valence-electron chi connectivity index (χ0n) is 38.0. The summed E-state index contributed by atoms with van der Waals surface area (Å²) in [5.74, 6) is -0.465. The van der Waals surface area contributed by atoms with Gasteiger partial charge in [0.2, 0.25) is 0 Å². The minimum atomic E-state index is -5.71. The lowest BCUT2D eigenvalue weighted by Gasteiger charge is -2.32. The number of hydrogen-bond acceptors (Lipinski definition) is 13. The second-order valence-corrected chi connectivity index (χ2v) is 21.5. The molecular formula is C39H72B3F3N2O13S. The van der Waals surface area contributed by atoms with Crippen molar-refractivity contribution < 1.29 is 72.8 Å². The van der Waals surface area contributed by atoms with Crippen LogP contribution in [0, 0.1) is 0 Å². The van der Waals surface area contributed by atoms with Crippen molar-refractivity contribution in [2.75, 3.05) is 26.2 Å². The third kappa shape index (κ3) is 14.0. The van der Waals surface area contributed by atoms with E-state index in [2.05, 4.69) is 4.18 Å². The van der Waals surface area contributed by atoms with Crippen molar-refractivity contribution in [1.82, 2.24) is 9.80 Å². The molecule has 0 spiro atoms. The Morgan fingerprint density at radius 2 is 0.902 bits per heavy atom. The van der Waals surface area contributed by atoms with E-state index < -0.39 is 59.2 Å². The maximum Gasteiger partial charge on any atom is 0.534 e. The van der Waals surface area contributed by atoms with Gasteiger partial charge >= 0.3 is 48.9 Å². The Labute approximate surface area is 364 Å². The highest BCUT2D eigenvalue weighted by Gasteiger charge is 2.64. The molecule has 5 rings (SSSR count). The van der Waals surface area contributed by atoms with Crippen molar-refractivity contribution in [3.8, 4) is 0 Å². The fourth-order valence-corrected chi connectivity index (χ4v) is 5.95. The van der Waals surface area contributed by atoms with Crippen LogP contribution in [0.2, 0.25) is 0 Å². The zero-order valence-corrected chi connectivity index (χ0v) is 38.8. The van der Waals surface area contributed by atoms with Crippen molar-refractivity contribution in [2.45, 2.75) is 190 Å². The second-order valence-electron chi connectivity index (χ2n) is 20.0. The molecule has 0 atom stereocenters. The summed E-state index contributed by atoms with van der Waals surface area (Å²) in [5.41, 5.74) is -7.93. The Hall–Kier alpha value is -2.49. The van der Waals surface area contributed by atoms with Crippen LogP contribution in [0.5, 0.6) is 0 Å². The lowest BCUT2D eigenvalue weighted by molar-refractivity contribution is -0.0523. The molecule has 352 valence electrons. The number of nitrogens with zero attached hydrogens (tertiary/aromatic N) is 2. The fourth-order valence-electron chi connectivity index (χ4n) is 5.45. The Balaban J connectivity index is 0.000000451. The second kappa shape index (κ2) is 18.5. The first-order valence-electron chi connectivity index (χ1n) is 19.5. The molecule has 0 unspecified atom stereocenters. The van der Waals surface area contributed by atoms with E-state index in [0.29, 0.717) is 13.1 Å². The van der Waals surface area contributed by atoms with Crippen LogP contribution in [0.25, 0.3) is 0 Å². The van der Waals surface area contributed by atoms with Gasteiger partial charge in [0.25, 0.3) is 0 Å². The van der Waals surface area contributed by atoms with Gasteiger partial charge in [-0.15, -0.1) is 0 Å². The topological polar surface area (TPSA) is 158 Å². The van der Waals surface area contributed by atoms with Gasteiger partial charge in [-0.3, -0.25) is 4.90 Å². The van der Waals surface area contributed by atoms with E-state index in [1.807, 2.05) is 110 Å². The molecule has 0 saturated carbocycles. The van der Waals surface area contributed by atoms with Gasteiger partial charge in [-0.25, -0.2) is 9.59 Å². The highest BCUT2D eigenvalue weighted by atomic mass is 32.2. The van der Waals surface area contributed by atoms with Crippen LogP contribution in [-0.4, -0.2) is 128 Å². The summed E-state index contributed by atoms with van der Waals surface area (Å²) in [7, 11) is -7.05. The summed E-state index contributed by atoms with van der Waals surface area (Å²) in [6.07, 6.45) is 2.00. The van der Waals surface area contributed by atoms with Gasteiger partial charge in [0.1, 0.15) is 17.0 Å². The van der Waals surface area contributed by atoms with E-state index in [1.54, 1.807) is 25.7 Å². The first kappa shape index (κ1) is 56.5. The fraction of sp³-hybridized carbons (Fsp3) is 0.846. The van der Waals surface area contributed by atoms with E-state index in [1.165, 1.54) is 0 Å². The summed E-state index contributed by atoms with van der Waals surface area (Å²) in [6.45, 7) is 35.3. The SMILES string of the molecule is C.C.CC(C)(C)OC(=O)N1CC=C(B2OC(C)(C)C(C)(C)O2)C1.CC(C)(C)OC(=O)N1CC=C(OS(=O)(=O)C(F)(F)F)C1.CC1(C)OB(B2OC(C)(C)C(C)(C)O2)OC1(C)C. The average Bonchev–Trinajstić information content (AvgIpc) is 3.78. The molecule has 61 heavy (non-hydrogen) atoms. The monoisotopic (exact) mass is 898 g/mol. The van der Waals surface area contributed by atoms with E-state index in [9.17, 15) is 31.2 Å². The molecule has 5 aliphatic rings. The number of carbonyl (C=O) groups excluding carboxylic acids is 2. The predicted molar refractivity (Wildman–Crippen MR) is 230 cm³/mol. The predicted octanol–water partition coefficient (Wildman–Crippen LogP) is 8.30. The van der Waals surface area contributed by atoms with Gasteiger partial charge < -0.3 is 46.5 Å². The van der Waals surface area contributed by atoms with E-state index in [0.717, 1.165) is 16.4 Å². The lowest BCUT2D eigenvalue weighted by atomic mass is 9.49. The molecule has 5 heterocycles. The minimum absolute atomic E-state index is 0. The standard InChI is InChI=1S/C15H26BNO4.C12H24B2O4.C10H14F3NO5S.2CH4/c1-13(2,3)19-12(18)17-9-8-11(10-17)16-20-14(4,5)15(6,7)21-16;1-9(2)10(3,4)16-13(15-9)14-17-11(5,6)12(7,8)18-14;1-9(2,3)18-8(15)14-5-4-7(6-14)19-20(16,17)10(11,12)13;;/h8H,9-10H2,1-7H3;1-8H3;4H,5-6H2,1-3H3;2*1H4. The quantitative estimate of drug-likeness (QED) is 0.151. The van der Waals surface area contributed by atoms with Crippen LogP contribution in [-0.2, 0) is 51.7 Å². The van der Waals surface area contributed by atoms with Crippen molar-refractivity contribution in [1.29, 1.82) is 0 Å². The van der Waals surface area contributed by atoms with Crippen molar-refractivity contribution in [3.63, 3.8) is 0 Å². The number of carbonyl (C=O) groups is 2.